The predicted octanol–water partition coefficient (Wildman–Crippen LogP) is 1.01. The molecule has 1 aliphatic rings. The summed E-state index contributed by atoms with van der Waals surface area (Å²) in [7, 11) is -4.14. The molecular formula is C11H11F2NO4S. The zero-order valence-electron chi connectivity index (χ0n) is 9.66. The summed E-state index contributed by atoms with van der Waals surface area (Å²) < 4.78 is 51.0. The van der Waals surface area contributed by atoms with Gasteiger partial charge in [0, 0.05) is 13.0 Å². The van der Waals surface area contributed by atoms with E-state index in [1.54, 1.807) is 0 Å². The molecular weight excluding hydrogens is 280 g/mol. The highest BCUT2D eigenvalue weighted by Gasteiger charge is 2.44. The van der Waals surface area contributed by atoms with E-state index < -0.39 is 40.6 Å². The topological polar surface area (TPSA) is 74.7 Å². The molecule has 8 heteroatoms. The molecule has 1 heterocycles. The highest BCUT2D eigenvalue weighted by Crippen LogP contribution is 2.28. The first-order valence-corrected chi connectivity index (χ1v) is 6.90. The van der Waals surface area contributed by atoms with Gasteiger partial charge in [-0.2, -0.15) is 4.31 Å². The van der Waals surface area contributed by atoms with Crippen LogP contribution in [0, 0.1) is 5.82 Å². The van der Waals surface area contributed by atoms with Crippen LogP contribution in [0.1, 0.15) is 6.42 Å². The standard InChI is InChI=1S/C11H11F2NO4S/c12-7-1-3-9(4-2-7)19(17,18)14-6-8(13)5-10(14)11(15)16/h1-4,8,10H,5-6H2,(H,15,16)/t8-,10+/m1/s1. The van der Waals surface area contributed by atoms with Crippen molar-refractivity contribution < 1.29 is 27.1 Å². The van der Waals surface area contributed by atoms with Crippen LogP contribution in [0.4, 0.5) is 8.78 Å². The molecule has 0 spiro atoms. The second-order valence-corrected chi connectivity index (χ2v) is 6.11. The molecule has 5 nitrogen and oxygen atoms in total. The Morgan fingerprint density at radius 2 is 1.89 bits per heavy atom. The van der Waals surface area contributed by atoms with Crippen molar-refractivity contribution in [2.24, 2.45) is 0 Å². The fourth-order valence-electron chi connectivity index (χ4n) is 1.99. The molecule has 0 bridgehead atoms. The van der Waals surface area contributed by atoms with Gasteiger partial charge in [-0.05, 0) is 24.3 Å². The summed E-state index contributed by atoms with van der Waals surface area (Å²) in [6.07, 6.45) is -1.90. The number of carboxylic acid groups (broad SMARTS) is 1. The largest absolute Gasteiger partial charge is 0.480 e. The van der Waals surface area contributed by atoms with Crippen LogP contribution in [0.25, 0.3) is 0 Å². The Kier molecular flexibility index (Phi) is 3.55. The van der Waals surface area contributed by atoms with Gasteiger partial charge in [-0.15, -0.1) is 0 Å². The number of carboxylic acids is 1. The van der Waals surface area contributed by atoms with Gasteiger partial charge in [0.25, 0.3) is 0 Å². The second-order valence-electron chi connectivity index (χ2n) is 4.22. The summed E-state index contributed by atoms with van der Waals surface area (Å²) in [5.41, 5.74) is 0. The minimum Gasteiger partial charge on any atom is -0.480 e. The normalized spacial score (nSPS) is 24.5. The predicted molar refractivity (Wildman–Crippen MR) is 61.2 cm³/mol. The van der Waals surface area contributed by atoms with Crippen molar-refractivity contribution in [3.05, 3.63) is 30.1 Å². The maximum atomic E-state index is 13.3. The molecule has 0 aliphatic carbocycles. The average Bonchev–Trinajstić information content (AvgIpc) is 2.73. The van der Waals surface area contributed by atoms with Crippen molar-refractivity contribution in [3.63, 3.8) is 0 Å². The molecule has 0 amide bonds. The highest BCUT2D eigenvalue weighted by molar-refractivity contribution is 7.89. The van der Waals surface area contributed by atoms with Crippen LogP contribution in [0.2, 0.25) is 0 Å². The zero-order valence-corrected chi connectivity index (χ0v) is 10.5. The smallest absolute Gasteiger partial charge is 0.322 e. The third-order valence-corrected chi connectivity index (χ3v) is 4.80. The summed E-state index contributed by atoms with van der Waals surface area (Å²) in [6, 6.07) is 2.52. The Morgan fingerprint density at radius 3 is 2.42 bits per heavy atom. The van der Waals surface area contributed by atoms with Crippen LogP contribution in [0.3, 0.4) is 0 Å². The molecule has 1 fully saturated rings. The quantitative estimate of drug-likeness (QED) is 0.902. The van der Waals surface area contributed by atoms with Crippen LogP contribution < -0.4 is 0 Å². The number of hydrogen-bond donors (Lipinski definition) is 1. The first kappa shape index (κ1) is 13.9. The van der Waals surface area contributed by atoms with E-state index in [4.69, 9.17) is 5.11 Å². The molecule has 0 unspecified atom stereocenters. The molecule has 19 heavy (non-hydrogen) atoms. The number of nitrogens with zero attached hydrogens (tertiary/aromatic N) is 1. The summed E-state index contributed by atoms with van der Waals surface area (Å²) in [5, 5.41) is 8.92. The van der Waals surface area contributed by atoms with Gasteiger partial charge in [0.05, 0.1) is 4.90 Å². The van der Waals surface area contributed by atoms with Crippen molar-refractivity contribution in [3.8, 4) is 0 Å². The second kappa shape index (κ2) is 4.86. The first-order valence-electron chi connectivity index (χ1n) is 5.46. The van der Waals surface area contributed by atoms with Gasteiger partial charge in [0.1, 0.15) is 18.0 Å². The lowest BCUT2D eigenvalue weighted by molar-refractivity contribution is -0.140. The Hall–Kier alpha value is -1.54. The van der Waals surface area contributed by atoms with E-state index in [1.807, 2.05) is 0 Å². The van der Waals surface area contributed by atoms with Gasteiger partial charge in [-0.3, -0.25) is 4.79 Å². The highest BCUT2D eigenvalue weighted by atomic mass is 32.2. The van der Waals surface area contributed by atoms with Gasteiger partial charge in [-0.25, -0.2) is 17.2 Å². The molecule has 1 N–H and O–H groups in total. The molecule has 0 radical (unpaired) electrons. The number of aliphatic carboxylic acids is 1. The lowest BCUT2D eigenvalue weighted by atomic mass is 10.2. The van der Waals surface area contributed by atoms with Crippen molar-refractivity contribution in [2.45, 2.75) is 23.5 Å². The van der Waals surface area contributed by atoms with E-state index in [1.165, 1.54) is 0 Å². The number of carbonyl (C=O) groups is 1. The SMILES string of the molecule is O=C(O)[C@@H]1C[C@@H](F)CN1S(=O)(=O)c1ccc(F)cc1. The first-order chi connectivity index (χ1) is 8.82. The zero-order chi connectivity index (χ0) is 14.2. The Balaban J connectivity index is 2.38. The van der Waals surface area contributed by atoms with E-state index in [9.17, 15) is 22.0 Å². The third-order valence-electron chi connectivity index (χ3n) is 2.91. The van der Waals surface area contributed by atoms with Crippen molar-refractivity contribution in [1.82, 2.24) is 4.31 Å². The van der Waals surface area contributed by atoms with E-state index in [2.05, 4.69) is 0 Å². The summed E-state index contributed by atoms with van der Waals surface area (Å²) in [4.78, 5) is 10.7. The summed E-state index contributed by atoms with van der Waals surface area (Å²) in [5.74, 6) is -2.01. The average molecular weight is 291 g/mol. The Bertz CT molecular complexity index is 587. The molecule has 1 aromatic rings. The van der Waals surface area contributed by atoms with Crippen molar-refractivity contribution in [2.75, 3.05) is 6.54 Å². The maximum Gasteiger partial charge on any atom is 0.322 e. The van der Waals surface area contributed by atoms with E-state index in [-0.39, 0.29) is 11.3 Å². The van der Waals surface area contributed by atoms with Crippen molar-refractivity contribution in [1.29, 1.82) is 0 Å². The number of hydrogen-bond acceptors (Lipinski definition) is 3. The Labute approximate surface area is 108 Å². The Morgan fingerprint density at radius 1 is 1.32 bits per heavy atom. The fraction of sp³-hybridized carbons (Fsp3) is 0.364. The molecule has 0 aromatic heterocycles. The van der Waals surface area contributed by atoms with E-state index in [0.29, 0.717) is 4.31 Å². The number of alkyl halides is 1. The molecule has 1 saturated heterocycles. The third kappa shape index (κ3) is 2.59. The van der Waals surface area contributed by atoms with E-state index in [0.717, 1.165) is 24.3 Å². The molecule has 1 aromatic carbocycles. The molecule has 104 valence electrons. The molecule has 2 atom stereocenters. The van der Waals surface area contributed by atoms with Crippen LogP contribution in [0.15, 0.2) is 29.2 Å². The lowest BCUT2D eigenvalue weighted by Gasteiger charge is -2.20. The van der Waals surface area contributed by atoms with Crippen LogP contribution in [-0.2, 0) is 14.8 Å². The minimum absolute atomic E-state index is 0.255. The van der Waals surface area contributed by atoms with Gasteiger partial charge in [-0.1, -0.05) is 0 Å². The number of sulfonamides is 1. The molecule has 2 rings (SSSR count). The summed E-state index contributed by atoms with van der Waals surface area (Å²) >= 11 is 0. The lowest BCUT2D eigenvalue weighted by Crippen LogP contribution is -2.40. The fourth-order valence-corrected chi connectivity index (χ4v) is 3.61. The number of halogens is 2. The number of benzene rings is 1. The van der Waals surface area contributed by atoms with E-state index >= 15 is 0 Å². The van der Waals surface area contributed by atoms with Crippen LogP contribution in [-0.4, -0.2) is 42.6 Å². The summed E-state index contributed by atoms with van der Waals surface area (Å²) in [6.45, 7) is -0.503. The number of rotatable bonds is 3. The molecule has 0 saturated carbocycles. The monoisotopic (exact) mass is 291 g/mol. The molecule has 1 aliphatic heterocycles. The van der Waals surface area contributed by atoms with Gasteiger partial charge < -0.3 is 5.11 Å². The maximum absolute atomic E-state index is 13.3. The van der Waals surface area contributed by atoms with Gasteiger partial charge in [0.2, 0.25) is 10.0 Å². The van der Waals surface area contributed by atoms with Gasteiger partial charge in [0.15, 0.2) is 0 Å². The minimum atomic E-state index is -4.14. The van der Waals surface area contributed by atoms with Crippen LogP contribution in [0.5, 0.6) is 0 Å². The van der Waals surface area contributed by atoms with Crippen LogP contribution >= 0.6 is 0 Å². The van der Waals surface area contributed by atoms with Crippen molar-refractivity contribution >= 4 is 16.0 Å². The van der Waals surface area contributed by atoms with Gasteiger partial charge >= 0.3 is 5.97 Å².